The van der Waals surface area contributed by atoms with Crippen molar-refractivity contribution in [2.24, 2.45) is 29.4 Å². The summed E-state index contributed by atoms with van der Waals surface area (Å²) >= 11 is 0. The first kappa shape index (κ1) is 115. The fourth-order valence-electron chi connectivity index (χ4n) is 17.4. The number of nitrogens with zero attached hydrogens (tertiary/aromatic N) is 9. The van der Waals surface area contributed by atoms with E-state index in [9.17, 15) is 85.1 Å². The van der Waals surface area contributed by atoms with Gasteiger partial charge in [0.1, 0.15) is 114 Å². The van der Waals surface area contributed by atoms with E-state index in [1.54, 1.807) is 97.2 Å². The SMILES string of the molecule is COc1cc(C(C)C(=O)CCc2ccc(C(F)(F)F)nc2N2CCC(C)CC2)ccc1C#N.COc1cc(C(C)C(=O)CCc2ccc(C(F)(F)F)nc2N2CCC(C)CC2)ccc1CCS(C)(=O)=O.COc1cc(C(C)C(=O)CCc2ccc(C(F)(F)F)nc2N2CCC(C)CC2)ccc1CN.COc1cc(C(C)C(=O)CCc2ccc(C(F)(F)F)nc2N2CCC(C)CC2)ccc1CNC(=O)OC(C)(C)C. The molecule has 4 aliphatic heterocycles. The van der Waals surface area contributed by atoms with Crippen molar-refractivity contribution in [2.45, 2.75) is 252 Å². The van der Waals surface area contributed by atoms with Crippen molar-refractivity contribution in [3.63, 3.8) is 0 Å². The zero-order valence-electron chi connectivity index (χ0n) is 84.4. The van der Waals surface area contributed by atoms with Gasteiger partial charge in [-0.1, -0.05) is 122 Å². The first-order valence-electron chi connectivity index (χ1n) is 48.6. The quantitative estimate of drug-likeness (QED) is 0.0354. The highest BCUT2D eigenvalue weighted by Gasteiger charge is 2.40. The van der Waals surface area contributed by atoms with Crippen LogP contribution in [0.3, 0.4) is 0 Å². The number of Topliss-reactive ketones (excluding diaryl/α,β-unsaturated/α-hetero) is 4. The van der Waals surface area contributed by atoms with Gasteiger partial charge in [0.05, 0.1) is 39.8 Å². The van der Waals surface area contributed by atoms with Gasteiger partial charge in [-0.15, -0.1) is 0 Å². The summed E-state index contributed by atoms with van der Waals surface area (Å²) in [5, 5.41) is 11.8. The molecule has 4 atom stereocenters. The number of nitrogens with two attached hydrogens (primary N) is 1. The van der Waals surface area contributed by atoms with E-state index in [1.807, 2.05) is 56.9 Å². The highest BCUT2D eigenvalue weighted by atomic mass is 32.2. The van der Waals surface area contributed by atoms with Crippen molar-refractivity contribution in [3.05, 3.63) is 211 Å². The molecule has 4 unspecified atom stereocenters. The van der Waals surface area contributed by atoms with E-state index in [4.69, 9.17) is 34.7 Å². The number of rotatable bonds is 34. The highest BCUT2D eigenvalue weighted by Crippen LogP contribution is 2.41. The third kappa shape index (κ3) is 33.7. The number of nitriles is 1. The number of ketones is 4. The molecule has 3 N–H and O–H groups in total. The van der Waals surface area contributed by atoms with E-state index in [1.165, 1.54) is 51.9 Å². The van der Waals surface area contributed by atoms with Crippen LogP contribution in [-0.2, 0) is 104 Å². The molecule has 780 valence electrons. The number of alkyl halides is 12. The molecular weight excluding hydrogens is 1890 g/mol. The Morgan fingerprint density at radius 3 is 0.909 bits per heavy atom. The Morgan fingerprint density at radius 2 is 0.650 bits per heavy atom. The van der Waals surface area contributed by atoms with Crippen molar-refractivity contribution < 1.29 is 109 Å². The van der Waals surface area contributed by atoms with Crippen LogP contribution in [0.2, 0.25) is 0 Å². The maximum atomic E-state index is 13.4. The average molecular weight is 2030 g/mol. The van der Waals surface area contributed by atoms with E-state index in [-0.39, 0.29) is 67.0 Å². The van der Waals surface area contributed by atoms with Crippen molar-refractivity contribution in [1.29, 1.82) is 5.26 Å². The second-order valence-electron chi connectivity index (χ2n) is 38.9. The number of ether oxygens (including phenoxy) is 5. The standard InChI is InChI=1S/C30H40F3N3O4.C27H35F3N2O4S.C25H32F3N3O2.C25H28F3N3O2/c1-19-13-15-36(16-14-19)27-21(10-12-26(35-27)30(31,32)33)9-11-24(37)20(2)22-7-8-23(25(17-22)39-6)18-34-28(38)40-29(3,4)5;1-18-11-14-32(15-12-18)26-21(8-10-25(31-26)27(28,29)30)7-9-23(33)19(2)22-6-5-20(24(17-22)36-3)13-16-37(4,34)35;2*1-16-10-12-31(13-11-16)24-18(7-9-23(30-24)25(26,27)28)6-8-21(32)17(2)19-4-5-20(15-29)22(14-19)33-3/h7-8,10,12,17,19-20H,9,11,13-16,18H2,1-6H3,(H,34,38);5-6,8,10,17-19H,7,9,11-16H2,1-4H3;4-5,7,9,14,16-17H,6,8,10-13,15,29H2,1-3H3;4-5,7,9,14,16-17H,6,8,10-13H2,1-3H3. The molecule has 0 saturated carbocycles. The molecule has 8 aromatic rings. The van der Waals surface area contributed by atoms with Crippen molar-refractivity contribution in [3.8, 4) is 29.1 Å². The smallest absolute Gasteiger partial charge is 0.433 e. The van der Waals surface area contributed by atoms with Crippen LogP contribution in [0.4, 0.5) is 80.8 Å². The van der Waals surface area contributed by atoms with Gasteiger partial charge in [-0.25, -0.2) is 33.1 Å². The highest BCUT2D eigenvalue weighted by molar-refractivity contribution is 7.90. The number of anilines is 4. The number of methoxy groups -OCH3 is 4. The topological polar surface area (TPSA) is 292 Å². The van der Waals surface area contributed by atoms with Crippen LogP contribution in [0.25, 0.3) is 0 Å². The Morgan fingerprint density at radius 1 is 0.399 bits per heavy atom. The van der Waals surface area contributed by atoms with Gasteiger partial charge in [0.15, 0.2) is 0 Å². The van der Waals surface area contributed by atoms with E-state index < -0.39 is 86.8 Å². The Labute approximate surface area is 831 Å². The zero-order valence-corrected chi connectivity index (χ0v) is 85.2. The number of aryl methyl sites for hydroxylation is 5. The zero-order chi connectivity index (χ0) is 105. The summed E-state index contributed by atoms with van der Waals surface area (Å²) < 4.78 is 210. The summed E-state index contributed by atoms with van der Waals surface area (Å²) in [6.45, 7) is 26.8. The third-order valence-electron chi connectivity index (χ3n) is 26.9. The lowest BCUT2D eigenvalue weighted by Gasteiger charge is -2.33. The van der Waals surface area contributed by atoms with Crippen molar-refractivity contribution in [1.82, 2.24) is 25.3 Å². The minimum absolute atomic E-state index is 0.00335. The molecule has 0 aliphatic carbocycles. The molecule has 0 bridgehead atoms. The van der Waals surface area contributed by atoms with Crippen molar-refractivity contribution in [2.75, 3.05) is 112 Å². The number of hydrogen-bond donors (Lipinski definition) is 2. The lowest BCUT2D eigenvalue weighted by Crippen LogP contribution is -2.34. The van der Waals surface area contributed by atoms with Gasteiger partial charge in [-0.2, -0.15) is 57.9 Å². The molecule has 12 rings (SSSR count). The van der Waals surface area contributed by atoms with Crippen LogP contribution >= 0.6 is 0 Å². The number of halogens is 12. The maximum absolute atomic E-state index is 13.4. The number of aromatic nitrogens is 4. The van der Waals surface area contributed by atoms with Gasteiger partial charge in [0.25, 0.3) is 0 Å². The number of carbonyl (C=O) groups is 5. The summed E-state index contributed by atoms with van der Waals surface area (Å²) in [6.07, 6.45) is -8.04. The third-order valence-corrected chi connectivity index (χ3v) is 27.8. The summed E-state index contributed by atoms with van der Waals surface area (Å²) in [4.78, 5) is 87.7. The molecule has 8 heterocycles. The summed E-state index contributed by atoms with van der Waals surface area (Å²) in [5.74, 6) is 3.69. The predicted molar refractivity (Wildman–Crippen MR) is 527 cm³/mol. The molecule has 4 saturated heterocycles. The molecule has 4 aliphatic rings. The second kappa shape index (κ2) is 51.2. The number of piperidine rings is 4. The number of benzene rings is 4. The van der Waals surface area contributed by atoms with E-state index in [0.717, 1.165) is 115 Å². The molecule has 4 aromatic carbocycles. The summed E-state index contributed by atoms with van der Waals surface area (Å²) in [5.41, 5.74) is 9.81. The molecule has 1 amide bonds. The van der Waals surface area contributed by atoms with E-state index in [2.05, 4.69) is 52.9 Å². The number of alkyl carbamates (subject to hydrolysis) is 1. The maximum Gasteiger partial charge on any atom is 0.433 e. The Bertz CT molecular complexity index is 5800. The fourth-order valence-corrected chi connectivity index (χ4v) is 18.0. The van der Waals surface area contributed by atoms with Gasteiger partial charge < -0.3 is 54.3 Å². The predicted octanol–water partition coefficient (Wildman–Crippen LogP) is 22.5. The second-order valence-corrected chi connectivity index (χ2v) is 41.1. The van der Waals surface area contributed by atoms with Crippen LogP contribution in [-0.4, -0.2) is 156 Å². The van der Waals surface area contributed by atoms with Gasteiger partial charge in [-0.3, -0.25) is 19.2 Å². The van der Waals surface area contributed by atoms with Crippen LogP contribution < -0.4 is 49.6 Å². The molecule has 0 spiro atoms. The number of carbonyl (C=O) groups excluding carboxylic acids is 5. The lowest BCUT2D eigenvalue weighted by atomic mass is 9.91. The molecule has 23 nitrogen and oxygen atoms in total. The number of amides is 1. The normalized spacial score (nSPS) is 15.8. The molecule has 4 aromatic heterocycles. The van der Waals surface area contributed by atoms with Crippen LogP contribution in [0.1, 0.15) is 266 Å². The van der Waals surface area contributed by atoms with E-state index >= 15 is 0 Å². The number of hydrogen-bond acceptors (Lipinski definition) is 22. The Kier molecular flexibility index (Phi) is 41.2. The van der Waals surface area contributed by atoms with Gasteiger partial charge in [0, 0.05) is 132 Å². The van der Waals surface area contributed by atoms with Gasteiger partial charge in [-0.05, 0) is 233 Å². The molecular formula is C107H135F12N11O12S. The van der Waals surface area contributed by atoms with Crippen LogP contribution in [0, 0.1) is 35.0 Å². The molecule has 143 heavy (non-hydrogen) atoms. The van der Waals surface area contributed by atoms with Gasteiger partial charge >= 0.3 is 30.8 Å². The first-order valence-corrected chi connectivity index (χ1v) is 50.6. The Hall–Kier alpha value is -11.6. The largest absolute Gasteiger partial charge is 0.496 e. The number of sulfone groups is 1. The minimum atomic E-state index is -4.53. The fraction of sp³-hybridized carbons (Fsp3) is 0.533. The first-order chi connectivity index (χ1) is 67.2. The summed E-state index contributed by atoms with van der Waals surface area (Å²) in [7, 11) is 2.91. The number of pyridine rings is 4. The van der Waals surface area contributed by atoms with E-state index in [0.29, 0.717) is 189 Å². The average Bonchev–Trinajstić information content (AvgIpc) is 0.806. The monoisotopic (exact) mass is 2030 g/mol. The summed E-state index contributed by atoms with van der Waals surface area (Å²) in [6, 6.07) is 33.1. The van der Waals surface area contributed by atoms with Crippen LogP contribution in [0.5, 0.6) is 23.0 Å². The molecule has 4 fully saturated rings. The lowest BCUT2D eigenvalue weighted by molar-refractivity contribution is -0.141. The van der Waals surface area contributed by atoms with Gasteiger partial charge in [0.2, 0.25) is 0 Å². The number of nitrogens with one attached hydrogen (secondary N) is 1. The Balaban J connectivity index is 0.000000213. The van der Waals surface area contributed by atoms with Crippen molar-refractivity contribution >= 4 is 62.3 Å². The van der Waals surface area contributed by atoms with Crippen LogP contribution in [0.15, 0.2) is 121 Å². The molecule has 0 radical (unpaired) electrons. The molecule has 36 heteroatoms. The minimum Gasteiger partial charge on any atom is -0.496 e.